The van der Waals surface area contributed by atoms with Crippen LogP contribution in [0.15, 0.2) is 10.5 Å². The number of carbonyl (C=O) groups excluding carboxylic acids is 1. The van der Waals surface area contributed by atoms with Crippen molar-refractivity contribution >= 4 is 5.91 Å². The van der Waals surface area contributed by atoms with Crippen LogP contribution >= 0.6 is 0 Å². The van der Waals surface area contributed by atoms with Crippen molar-refractivity contribution in [3.63, 3.8) is 0 Å². The van der Waals surface area contributed by atoms with Gasteiger partial charge in [0.2, 0.25) is 0 Å². The summed E-state index contributed by atoms with van der Waals surface area (Å²) >= 11 is 0. The second kappa shape index (κ2) is 3.88. The molecule has 3 rings (SSSR count). The lowest BCUT2D eigenvalue weighted by Crippen LogP contribution is -2.31. The van der Waals surface area contributed by atoms with Crippen molar-refractivity contribution < 1.29 is 9.21 Å². The van der Waals surface area contributed by atoms with Gasteiger partial charge >= 0.3 is 0 Å². The number of carbonyl (C=O) groups is 1. The summed E-state index contributed by atoms with van der Waals surface area (Å²) in [5.74, 6) is 2.97. The number of likely N-dealkylation sites (tertiary alicyclic amines) is 1. The Morgan fingerprint density at radius 3 is 2.53 bits per heavy atom. The van der Waals surface area contributed by atoms with Crippen molar-refractivity contribution in [1.29, 1.82) is 0 Å². The zero-order chi connectivity index (χ0) is 12.0. The summed E-state index contributed by atoms with van der Waals surface area (Å²) < 4.78 is 5.43. The summed E-state index contributed by atoms with van der Waals surface area (Å²) in [5, 5.41) is 3.38. The third-order valence-electron chi connectivity index (χ3n) is 3.95. The van der Waals surface area contributed by atoms with Gasteiger partial charge in [0.1, 0.15) is 11.5 Å². The summed E-state index contributed by atoms with van der Waals surface area (Å²) in [7, 11) is 0. The number of amides is 1. The van der Waals surface area contributed by atoms with E-state index in [0.717, 1.165) is 43.3 Å². The third kappa shape index (κ3) is 1.76. The second-order valence-electron chi connectivity index (χ2n) is 5.22. The predicted octanol–water partition coefficient (Wildman–Crippen LogP) is 1.19. The monoisotopic (exact) mass is 234 g/mol. The van der Waals surface area contributed by atoms with Crippen molar-refractivity contribution in [2.24, 2.45) is 11.8 Å². The van der Waals surface area contributed by atoms with Crippen LogP contribution in [0, 0.1) is 25.7 Å². The summed E-state index contributed by atoms with van der Waals surface area (Å²) in [6.45, 7) is 7.63. The topological polar surface area (TPSA) is 45.5 Å². The fourth-order valence-electron chi connectivity index (χ4n) is 3.03. The average molecular weight is 234 g/mol. The van der Waals surface area contributed by atoms with Crippen molar-refractivity contribution in [3.05, 3.63) is 23.2 Å². The van der Waals surface area contributed by atoms with E-state index in [9.17, 15) is 4.79 Å². The molecule has 2 aliphatic heterocycles. The van der Waals surface area contributed by atoms with Crippen LogP contribution in [-0.2, 0) is 0 Å². The van der Waals surface area contributed by atoms with E-state index in [4.69, 9.17) is 4.42 Å². The minimum atomic E-state index is 0.133. The highest BCUT2D eigenvalue weighted by Crippen LogP contribution is 2.28. The molecule has 4 heteroatoms. The third-order valence-corrected chi connectivity index (χ3v) is 3.95. The van der Waals surface area contributed by atoms with Crippen molar-refractivity contribution in [3.8, 4) is 0 Å². The van der Waals surface area contributed by atoms with Crippen molar-refractivity contribution in [1.82, 2.24) is 10.2 Å². The van der Waals surface area contributed by atoms with Crippen LogP contribution in [0.1, 0.15) is 21.9 Å². The Bertz CT molecular complexity index is 440. The molecule has 0 spiro atoms. The van der Waals surface area contributed by atoms with Crippen LogP contribution in [0.4, 0.5) is 0 Å². The van der Waals surface area contributed by atoms with E-state index in [1.54, 1.807) is 0 Å². The summed E-state index contributed by atoms with van der Waals surface area (Å²) in [5.41, 5.74) is 0.732. The molecule has 2 unspecified atom stereocenters. The molecule has 2 saturated heterocycles. The first-order chi connectivity index (χ1) is 8.15. The van der Waals surface area contributed by atoms with Crippen LogP contribution in [-0.4, -0.2) is 37.0 Å². The molecule has 1 N–H and O–H groups in total. The predicted molar refractivity (Wildman–Crippen MR) is 63.9 cm³/mol. The van der Waals surface area contributed by atoms with Crippen LogP contribution in [0.5, 0.6) is 0 Å². The Morgan fingerprint density at radius 1 is 1.35 bits per heavy atom. The zero-order valence-electron chi connectivity index (χ0n) is 10.3. The molecule has 4 nitrogen and oxygen atoms in total. The maximum Gasteiger partial charge on any atom is 0.257 e. The Kier molecular flexibility index (Phi) is 2.47. The lowest BCUT2D eigenvalue weighted by Gasteiger charge is -2.16. The number of rotatable bonds is 1. The Balaban J connectivity index is 1.77. The van der Waals surface area contributed by atoms with Gasteiger partial charge in [0.25, 0.3) is 5.91 Å². The van der Waals surface area contributed by atoms with Gasteiger partial charge < -0.3 is 14.6 Å². The van der Waals surface area contributed by atoms with Gasteiger partial charge in [-0.2, -0.15) is 0 Å². The molecular formula is C13H18N2O2. The highest BCUT2D eigenvalue weighted by atomic mass is 16.3. The number of aryl methyl sites for hydroxylation is 2. The van der Waals surface area contributed by atoms with Gasteiger partial charge in [-0.25, -0.2) is 0 Å². The first-order valence-electron chi connectivity index (χ1n) is 6.22. The molecule has 1 aromatic heterocycles. The van der Waals surface area contributed by atoms with Gasteiger partial charge in [-0.1, -0.05) is 0 Å². The molecule has 92 valence electrons. The average Bonchev–Trinajstić information content (AvgIpc) is 2.90. The number of nitrogens with one attached hydrogen (secondary N) is 1. The summed E-state index contributed by atoms with van der Waals surface area (Å²) in [4.78, 5) is 14.3. The summed E-state index contributed by atoms with van der Waals surface area (Å²) in [6, 6.07) is 1.85. The van der Waals surface area contributed by atoms with E-state index in [0.29, 0.717) is 11.8 Å². The lowest BCUT2D eigenvalue weighted by molar-refractivity contribution is 0.0780. The normalized spacial score (nSPS) is 27.5. The standard InChI is InChI=1S/C13H18N2O2/c1-8-3-12(9(2)17-8)13(16)15-6-10-4-14-5-11(10)7-15/h3,10-11,14H,4-7H2,1-2H3. The first kappa shape index (κ1) is 10.8. The molecule has 2 fully saturated rings. The van der Waals surface area contributed by atoms with Crippen molar-refractivity contribution in [2.75, 3.05) is 26.2 Å². The smallest absolute Gasteiger partial charge is 0.257 e. The molecule has 0 aromatic carbocycles. The lowest BCUT2D eigenvalue weighted by atomic mass is 10.0. The molecule has 3 heterocycles. The number of hydrogen-bond donors (Lipinski definition) is 1. The van der Waals surface area contributed by atoms with Crippen LogP contribution in [0.25, 0.3) is 0 Å². The van der Waals surface area contributed by atoms with Gasteiger partial charge in [-0.3, -0.25) is 4.79 Å². The van der Waals surface area contributed by atoms with Gasteiger partial charge in [-0.15, -0.1) is 0 Å². The molecule has 1 aromatic rings. The Morgan fingerprint density at radius 2 is 2.00 bits per heavy atom. The highest BCUT2D eigenvalue weighted by molar-refractivity contribution is 5.95. The van der Waals surface area contributed by atoms with Crippen LogP contribution < -0.4 is 5.32 Å². The Hall–Kier alpha value is -1.29. The second-order valence-corrected chi connectivity index (χ2v) is 5.22. The maximum absolute atomic E-state index is 12.4. The largest absolute Gasteiger partial charge is 0.466 e. The van der Waals surface area contributed by atoms with Gasteiger partial charge in [0, 0.05) is 26.2 Å². The van der Waals surface area contributed by atoms with Crippen molar-refractivity contribution in [2.45, 2.75) is 13.8 Å². The van der Waals surface area contributed by atoms with E-state index in [-0.39, 0.29) is 5.91 Å². The minimum absolute atomic E-state index is 0.133. The molecule has 0 radical (unpaired) electrons. The molecule has 0 aliphatic carbocycles. The molecule has 2 aliphatic rings. The highest BCUT2D eigenvalue weighted by Gasteiger charge is 2.38. The number of fused-ring (bicyclic) bond motifs is 1. The number of furan rings is 1. The molecule has 0 bridgehead atoms. The Labute approximate surface area is 101 Å². The molecular weight excluding hydrogens is 216 g/mol. The quantitative estimate of drug-likeness (QED) is 0.794. The zero-order valence-corrected chi connectivity index (χ0v) is 10.3. The van der Waals surface area contributed by atoms with E-state index in [2.05, 4.69) is 5.32 Å². The molecule has 0 saturated carbocycles. The fourth-order valence-corrected chi connectivity index (χ4v) is 3.03. The van der Waals surface area contributed by atoms with E-state index >= 15 is 0 Å². The minimum Gasteiger partial charge on any atom is -0.466 e. The van der Waals surface area contributed by atoms with E-state index in [1.165, 1.54) is 0 Å². The van der Waals surface area contributed by atoms with E-state index in [1.807, 2.05) is 24.8 Å². The molecule has 17 heavy (non-hydrogen) atoms. The number of hydrogen-bond acceptors (Lipinski definition) is 3. The fraction of sp³-hybridized carbons (Fsp3) is 0.615. The summed E-state index contributed by atoms with van der Waals surface area (Å²) in [6.07, 6.45) is 0. The number of nitrogens with zero attached hydrogens (tertiary/aromatic N) is 1. The van der Waals surface area contributed by atoms with Crippen LogP contribution in [0.2, 0.25) is 0 Å². The van der Waals surface area contributed by atoms with Gasteiger partial charge in [0.05, 0.1) is 5.56 Å². The van der Waals surface area contributed by atoms with Crippen LogP contribution in [0.3, 0.4) is 0 Å². The molecule has 1 amide bonds. The maximum atomic E-state index is 12.4. The van der Waals surface area contributed by atoms with Gasteiger partial charge in [-0.05, 0) is 31.7 Å². The molecule has 2 atom stereocenters. The SMILES string of the molecule is Cc1cc(C(=O)N2CC3CNCC3C2)c(C)o1. The first-order valence-corrected chi connectivity index (χ1v) is 6.22. The van der Waals surface area contributed by atoms with Gasteiger partial charge in [0.15, 0.2) is 0 Å². The van der Waals surface area contributed by atoms with E-state index < -0.39 is 0 Å².